The Balaban J connectivity index is 0.00000320. The fourth-order valence-electron chi connectivity index (χ4n) is 3.90. The van der Waals surface area contributed by atoms with Crippen molar-refractivity contribution in [1.29, 1.82) is 0 Å². The molecule has 0 atom stereocenters. The second-order valence-corrected chi connectivity index (χ2v) is 7.95. The van der Waals surface area contributed by atoms with Crippen molar-refractivity contribution >= 4 is 29.9 Å². The van der Waals surface area contributed by atoms with Crippen LogP contribution in [0.1, 0.15) is 42.0 Å². The van der Waals surface area contributed by atoms with E-state index < -0.39 is 0 Å². The molecule has 6 heteroatoms. The summed E-state index contributed by atoms with van der Waals surface area (Å²) in [7, 11) is 0. The van der Waals surface area contributed by atoms with Crippen molar-refractivity contribution in [2.24, 2.45) is 4.99 Å². The zero-order valence-electron chi connectivity index (χ0n) is 18.3. The number of aryl methyl sites for hydroxylation is 2. The number of nitrogens with one attached hydrogen (secondary N) is 2. The summed E-state index contributed by atoms with van der Waals surface area (Å²) < 4.78 is 0. The largest absolute Gasteiger partial charge is 0.507 e. The second kappa shape index (κ2) is 12.2. The van der Waals surface area contributed by atoms with Gasteiger partial charge in [-0.15, -0.1) is 24.0 Å². The van der Waals surface area contributed by atoms with Gasteiger partial charge in [-0.25, -0.2) is 4.99 Å². The topological polar surface area (TPSA) is 59.9 Å². The number of aliphatic imine (C=N–C) groups is 1. The van der Waals surface area contributed by atoms with E-state index in [4.69, 9.17) is 4.99 Å². The summed E-state index contributed by atoms with van der Waals surface area (Å²) in [4.78, 5) is 7.30. The molecule has 0 amide bonds. The Kier molecular flexibility index (Phi) is 9.91. The Morgan fingerprint density at radius 3 is 2.30 bits per heavy atom. The second-order valence-electron chi connectivity index (χ2n) is 7.95. The molecule has 30 heavy (non-hydrogen) atoms. The molecule has 5 nitrogen and oxygen atoms in total. The number of rotatable bonds is 6. The van der Waals surface area contributed by atoms with Crippen LogP contribution in [0.5, 0.6) is 5.75 Å². The number of halogens is 1. The third-order valence-corrected chi connectivity index (χ3v) is 5.49. The Morgan fingerprint density at radius 2 is 1.70 bits per heavy atom. The molecule has 164 valence electrons. The minimum atomic E-state index is 0. The van der Waals surface area contributed by atoms with E-state index >= 15 is 0 Å². The van der Waals surface area contributed by atoms with Crippen LogP contribution < -0.4 is 10.6 Å². The van der Waals surface area contributed by atoms with Gasteiger partial charge < -0.3 is 15.7 Å². The molecular formula is C24H35IN4O. The molecule has 0 bridgehead atoms. The summed E-state index contributed by atoms with van der Waals surface area (Å²) in [6.07, 6.45) is 2.24. The van der Waals surface area contributed by atoms with Crippen LogP contribution in [0.4, 0.5) is 0 Å². The highest BCUT2D eigenvalue weighted by atomic mass is 127. The van der Waals surface area contributed by atoms with Crippen molar-refractivity contribution in [1.82, 2.24) is 15.5 Å². The Hall–Kier alpha value is -1.80. The lowest BCUT2D eigenvalue weighted by atomic mass is 10.0. The molecule has 2 aromatic carbocycles. The van der Waals surface area contributed by atoms with Gasteiger partial charge in [0.2, 0.25) is 0 Å². The molecule has 0 saturated carbocycles. The molecule has 2 aromatic rings. The van der Waals surface area contributed by atoms with E-state index in [2.05, 4.69) is 52.8 Å². The molecule has 0 aliphatic carbocycles. The molecule has 0 unspecified atom stereocenters. The third kappa shape index (κ3) is 7.16. The first-order valence-corrected chi connectivity index (χ1v) is 10.7. The first kappa shape index (κ1) is 24.5. The van der Waals surface area contributed by atoms with Gasteiger partial charge in [0.05, 0.1) is 6.54 Å². The maximum absolute atomic E-state index is 9.96. The molecule has 3 N–H and O–H groups in total. The Morgan fingerprint density at radius 1 is 1.07 bits per heavy atom. The van der Waals surface area contributed by atoms with Crippen LogP contribution in [-0.4, -0.2) is 41.6 Å². The van der Waals surface area contributed by atoms with Gasteiger partial charge in [0.25, 0.3) is 0 Å². The third-order valence-electron chi connectivity index (χ3n) is 5.49. The fourth-order valence-corrected chi connectivity index (χ4v) is 3.90. The van der Waals surface area contributed by atoms with E-state index in [0.29, 0.717) is 18.3 Å². The lowest BCUT2D eigenvalue weighted by Gasteiger charge is -2.33. The fraction of sp³-hybridized carbons (Fsp3) is 0.458. The highest BCUT2D eigenvalue weighted by Gasteiger charge is 2.20. The van der Waals surface area contributed by atoms with E-state index in [1.807, 2.05) is 26.0 Å². The number of hydrogen-bond donors (Lipinski definition) is 3. The van der Waals surface area contributed by atoms with Crippen LogP contribution >= 0.6 is 24.0 Å². The molecule has 0 spiro atoms. The quantitative estimate of drug-likeness (QED) is 0.300. The number of piperidine rings is 1. The average molecular weight is 522 g/mol. The van der Waals surface area contributed by atoms with Gasteiger partial charge in [-0.05, 0) is 55.9 Å². The molecule has 3 rings (SSSR count). The number of guanidine groups is 1. The molecule has 0 radical (unpaired) electrons. The normalized spacial score (nSPS) is 15.5. The number of benzene rings is 2. The van der Waals surface area contributed by atoms with Crippen LogP contribution in [-0.2, 0) is 13.1 Å². The van der Waals surface area contributed by atoms with Crippen molar-refractivity contribution in [3.8, 4) is 5.75 Å². The number of hydrogen-bond acceptors (Lipinski definition) is 3. The first-order valence-electron chi connectivity index (χ1n) is 10.7. The van der Waals surface area contributed by atoms with Gasteiger partial charge in [-0.2, -0.15) is 0 Å². The van der Waals surface area contributed by atoms with Gasteiger partial charge >= 0.3 is 0 Å². The van der Waals surface area contributed by atoms with Crippen LogP contribution in [0, 0.1) is 13.8 Å². The van der Waals surface area contributed by atoms with E-state index in [1.165, 1.54) is 5.56 Å². The molecule has 1 aliphatic rings. The summed E-state index contributed by atoms with van der Waals surface area (Å²) in [5.41, 5.74) is 4.30. The number of phenolic OH excluding ortho intramolecular Hbond substituents is 1. The molecule has 0 aromatic heterocycles. The average Bonchev–Trinajstić information content (AvgIpc) is 2.72. The molecule has 1 heterocycles. The lowest BCUT2D eigenvalue weighted by Crippen LogP contribution is -2.48. The van der Waals surface area contributed by atoms with Crippen molar-refractivity contribution in [3.05, 3.63) is 64.7 Å². The minimum absolute atomic E-state index is 0. The van der Waals surface area contributed by atoms with E-state index in [9.17, 15) is 5.11 Å². The highest BCUT2D eigenvalue weighted by Crippen LogP contribution is 2.23. The monoisotopic (exact) mass is 522 g/mol. The predicted octanol–water partition coefficient (Wildman–Crippen LogP) is 4.35. The Bertz CT molecular complexity index is 794. The number of phenols is 1. The molecule has 1 fully saturated rings. The van der Waals surface area contributed by atoms with E-state index in [1.54, 1.807) is 0 Å². The van der Waals surface area contributed by atoms with Crippen molar-refractivity contribution in [3.63, 3.8) is 0 Å². The smallest absolute Gasteiger partial charge is 0.191 e. The van der Waals surface area contributed by atoms with Gasteiger partial charge in [0.15, 0.2) is 5.96 Å². The van der Waals surface area contributed by atoms with Crippen molar-refractivity contribution in [2.75, 3.05) is 19.6 Å². The highest BCUT2D eigenvalue weighted by molar-refractivity contribution is 14.0. The summed E-state index contributed by atoms with van der Waals surface area (Å²) in [5, 5.41) is 16.9. The standard InChI is InChI=1S/C24H34N4O.HI/c1-4-25-24(26-16-21-14-18(2)23(29)19(3)15-21)27-22-10-12-28(13-11-22)17-20-8-6-5-7-9-20;/h5-9,14-15,22,29H,4,10-13,16-17H2,1-3H3,(H2,25,26,27);1H. The van der Waals surface area contributed by atoms with Crippen molar-refractivity contribution < 1.29 is 5.11 Å². The van der Waals surface area contributed by atoms with Gasteiger partial charge in [0.1, 0.15) is 5.75 Å². The predicted molar refractivity (Wildman–Crippen MR) is 136 cm³/mol. The zero-order chi connectivity index (χ0) is 20.6. The van der Waals surface area contributed by atoms with E-state index in [-0.39, 0.29) is 24.0 Å². The summed E-state index contributed by atoms with van der Waals surface area (Å²) in [6, 6.07) is 15.2. The maximum atomic E-state index is 9.96. The van der Waals surface area contributed by atoms with Crippen LogP contribution in [0.3, 0.4) is 0 Å². The number of nitrogens with zero attached hydrogens (tertiary/aromatic N) is 2. The van der Waals surface area contributed by atoms with Crippen LogP contribution in [0.2, 0.25) is 0 Å². The SMILES string of the molecule is CCNC(=NCc1cc(C)c(O)c(C)c1)NC1CCN(Cc2ccccc2)CC1.I. The van der Waals surface area contributed by atoms with Crippen molar-refractivity contribution in [2.45, 2.75) is 52.7 Å². The Labute approximate surface area is 198 Å². The van der Waals surface area contributed by atoms with Gasteiger partial charge in [-0.1, -0.05) is 42.5 Å². The van der Waals surface area contributed by atoms with Gasteiger partial charge in [0, 0.05) is 32.2 Å². The lowest BCUT2D eigenvalue weighted by molar-refractivity contribution is 0.198. The molecule has 1 aliphatic heterocycles. The number of aromatic hydroxyl groups is 1. The minimum Gasteiger partial charge on any atom is -0.507 e. The van der Waals surface area contributed by atoms with Crippen LogP contribution in [0.15, 0.2) is 47.5 Å². The molecule has 1 saturated heterocycles. The maximum Gasteiger partial charge on any atom is 0.191 e. The summed E-state index contributed by atoms with van der Waals surface area (Å²) in [6.45, 7) is 10.6. The van der Waals surface area contributed by atoms with Gasteiger partial charge in [-0.3, -0.25) is 4.90 Å². The number of likely N-dealkylation sites (tertiary alicyclic amines) is 1. The summed E-state index contributed by atoms with van der Waals surface area (Å²) in [5.74, 6) is 1.25. The van der Waals surface area contributed by atoms with E-state index in [0.717, 1.165) is 61.7 Å². The summed E-state index contributed by atoms with van der Waals surface area (Å²) >= 11 is 0. The van der Waals surface area contributed by atoms with Crippen LogP contribution in [0.25, 0.3) is 0 Å². The first-order chi connectivity index (χ1) is 14.0. The zero-order valence-corrected chi connectivity index (χ0v) is 20.6. The molecular weight excluding hydrogens is 487 g/mol.